The molecule has 0 bridgehead atoms. The third-order valence-corrected chi connectivity index (χ3v) is 4.11. The average molecular weight is 342 g/mol. The molecule has 0 unspecified atom stereocenters. The number of nitrogens with zero attached hydrogens (tertiary/aromatic N) is 5. The summed E-state index contributed by atoms with van der Waals surface area (Å²) in [6.45, 7) is 5.89. The molecule has 124 valence electrons. The molecule has 3 rings (SSSR count). The van der Waals surface area contributed by atoms with Crippen LogP contribution in [0.5, 0.6) is 0 Å². The van der Waals surface area contributed by atoms with Gasteiger partial charge >= 0.3 is 0 Å². The Labute approximate surface area is 143 Å². The lowest BCUT2D eigenvalue weighted by atomic mass is 10.1. The summed E-state index contributed by atoms with van der Waals surface area (Å²) in [7, 11) is 0. The maximum absolute atomic E-state index is 12.1. The first-order valence-corrected chi connectivity index (χ1v) is 8.50. The third kappa shape index (κ3) is 3.83. The molecule has 0 aliphatic rings. The summed E-state index contributed by atoms with van der Waals surface area (Å²) in [6, 6.07) is 7.73. The molecule has 0 saturated heterocycles. The van der Waals surface area contributed by atoms with Crippen LogP contribution in [0.25, 0.3) is 11.3 Å². The number of carbonyl (C=O) groups is 1. The molecule has 0 radical (unpaired) electrons. The van der Waals surface area contributed by atoms with Gasteiger partial charge in [-0.2, -0.15) is 4.80 Å². The van der Waals surface area contributed by atoms with Crippen molar-refractivity contribution in [2.24, 2.45) is 0 Å². The highest BCUT2D eigenvalue weighted by atomic mass is 32.1. The number of hydrogen-bond acceptors (Lipinski definition) is 6. The number of carbonyl (C=O) groups excluding carboxylic acids is 1. The van der Waals surface area contributed by atoms with Gasteiger partial charge in [0.2, 0.25) is 5.91 Å². The largest absolute Gasteiger partial charge is 0.326 e. The van der Waals surface area contributed by atoms with E-state index in [1.807, 2.05) is 50.4 Å². The zero-order chi connectivity index (χ0) is 17.1. The average Bonchev–Trinajstić information content (AvgIpc) is 3.17. The van der Waals surface area contributed by atoms with Crippen LogP contribution in [-0.4, -0.2) is 31.1 Å². The third-order valence-electron chi connectivity index (χ3n) is 3.33. The lowest BCUT2D eigenvalue weighted by Gasteiger charge is -2.04. The van der Waals surface area contributed by atoms with Gasteiger partial charge < -0.3 is 5.32 Å². The van der Waals surface area contributed by atoms with Crippen molar-refractivity contribution >= 4 is 22.9 Å². The molecule has 1 aromatic carbocycles. The van der Waals surface area contributed by atoms with Crippen LogP contribution in [0.4, 0.5) is 5.69 Å². The molecule has 24 heavy (non-hydrogen) atoms. The Kier molecular flexibility index (Phi) is 4.66. The highest BCUT2D eigenvalue weighted by molar-refractivity contribution is 7.09. The minimum absolute atomic E-state index is 0.0970. The van der Waals surface area contributed by atoms with Crippen molar-refractivity contribution in [3.05, 3.63) is 40.5 Å². The second-order valence-corrected chi connectivity index (χ2v) is 6.74. The number of nitrogens with one attached hydrogen (secondary N) is 1. The van der Waals surface area contributed by atoms with Gasteiger partial charge in [-0.1, -0.05) is 12.1 Å². The molecule has 8 heteroatoms. The first-order valence-electron chi connectivity index (χ1n) is 7.62. The van der Waals surface area contributed by atoms with Crippen molar-refractivity contribution in [3.63, 3.8) is 0 Å². The van der Waals surface area contributed by atoms with Crippen LogP contribution >= 0.6 is 11.3 Å². The van der Waals surface area contributed by atoms with Gasteiger partial charge in [-0.05, 0) is 38.1 Å². The molecule has 0 saturated carbocycles. The first kappa shape index (κ1) is 16.3. The van der Waals surface area contributed by atoms with E-state index in [2.05, 4.69) is 25.7 Å². The SMILES string of the molecule is Cc1nc(-c2ccc(NC(=O)Cc3nnn(C(C)C)n3)cc2)cs1. The number of hydrogen-bond donors (Lipinski definition) is 1. The van der Waals surface area contributed by atoms with Crippen LogP contribution in [0.3, 0.4) is 0 Å². The van der Waals surface area contributed by atoms with Crippen molar-refractivity contribution < 1.29 is 4.79 Å². The summed E-state index contributed by atoms with van der Waals surface area (Å²) >= 11 is 1.62. The van der Waals surface area contributed by atoms with Crippen LogP contribution in [0, 0.1) is 6.92 Å². The van der Waals surface area contributed by atoms with Gasteiger partial charge in [0.05, 0.1) is 23.2 Å². The highest BCUT2D eigenvalue weighted by Gasteiger charge is 2.11. The zero-order valence-corrected chi connectivity index (χ0v) is 14.5. The number of amides is 1. The summed E-state index contributed by atoms with van der Waals surface area (Å²) in [6.07, 6.45) is 0.0970. The van der Waals surface area contributed by atoms with E-state index in [1.54, 1.807) is 11.3 Å². The van der Waals surface area contributed by atoms with Crippen LogP contribution in [0.1, 0.15) is 30.7 Å². The van der Waals surface area contributed by atoms with Crippen molar-refractivity contribution in [2.75, 3.05) is 5.32 Å². The molecule has 0 spiro atoms. The lowest BCUT2D eigenvalue weighted by Crippen LogP contribution is -2.15. The van der Waals surface area contributed by atoms with E-state index in [0.717, 1.165) is 22.0 Å². The monoisotopic (exact) mass is 342 g/mol. The van der Waals surface area contributed by atoms with Crippen molar-refractivity contribution in [3.8, 4) is 11.3 Å². The summed E-state index contributed by atoms with van der Waals surface area (Å²) in [4.78, 5) is 18.0. The first-order chi connectivity index (χ1) is 11.5. The molecular weight excluding hydrogens is 324 g/mol. The van der Waals surface area contributed by atoms with Crippen molar-refractivity contribution in [1.29, 1.82) is 0 Å². The molecule has 0 fully saturated rings. The normalized spacial score (nSPS) is 11.0. The molecule has 1 amide bonds. The number of benzene rings is 1. The second-order valence-electron chi connectivity index (χ2n) is 5.67. The Morgan fingerprint density at radius 1 is 1.29 bits per heavy atom. The van der Waals surface area contributed by atoms with E-state index in [9.17, 15) is 4.79 Å². The molecule has 0 atom stereocenters. The Bertz CT molecular complexity index is 836. The van der Waals surface area contributed by atoms with E-state index in [1.165, 1.54) is 4.80 Å². The molecule has 0 aliphatic heterocycles. The second kappa shape index (κ2) is 6.88. The fraction of sp³-hybridized carbons (Fsp3) is 0.312. The Morgan fingerprint density at radius 3 is 2.62 bits per heavy atom. The maximum atomic E-state index is 12.1. The van der Waals surface area contributed by atoms with Gasteiger partial charge in [-0.3, -0.25) is 4.79 Å². The summed E-state index contributed by atoms with van der Waals surface area (Å²) < 4.78 is 0. The van der Waals surface area contributed by atoms with Crippen LogP contribution < -0.4 is 5.32 Å². The molecule has 1 N–H and O–H groups in total. The number of tetrazole rings is 1. The van der Waals surface area contributed by atoms with Gasteiger partial charge in [0.15, 0.2) is 5.82 Å². The number of aryl methyl sites for hydroxylation is 1. The maximum Gasteiger partial charge on any atom is 0.232 e. The van der Waals surface area contributed by atoms with Gasteiger partial charge in [-0.15, -0.1) is 21.5 Å². The van der Waals surface area contributed by atoms with Gasteiger partial charge in [-0.25, -0.2) is 4.98 Å². The highest BCUT2D eigenvalue weighted by Crippen LogP contribution is 2.23. The molecule has 2 aromatic heterocycles. The zero-order valence-electron chi connectivity index (χ0n) is 13.7. The number of aromatic nitrogens is 5. The predicted molar refractivity (Wildman–Crippen MR) is 92.8 cm³/mol. The van der Waals surface area contributed by atoms with Gasteiger partial charge in [0.25, 0.3) is 0 Å². The van der Waals surface area contributed by atoms with Crippen LogP contribution in [-0.2, 0) is 11.2 Å². The summed E-state index contributed by atoms with van der Waals surface area (Å²) in [5.74, 6) is 0.242. The van der Waals surface area contributed by atoms with Crippen LogP contribution in [0.15, 0.2) is 29.6 Å². The Balaban J connectivity index is 1.61. The van der Waals surface area contributed by atoms with E-state index < -0.39 is 0 Å². The van der Waals surface area contributed by atoms with E-state index >= 15 is 0 Å². The van der Waals surface area contributed by atoms with Gasteiger partial charge in [0.1, 0.15) is 0 Å². The Hall–Kier alpha value is -2.61. The molecular formula is C16H18N6OS. The molecule has 2 heterocycles. The van der Waals surface area contributed by atoms with Crippen molar-refractivity contribution in [1.82, 2.24) is 25.2 Å². The predicted octanol–water partition coefficient (Wildman–Crippen LogP) is 2.87. The molecule has 7 nitrogen and oxygen atoms in total. The quantitative estimate of drug-likeness (QED) is 0.770. The standard InChI is InChI=1S/C16H18N6OS/c1-10(2)22-20-15(19-21-22)8-16(23)18-13-6-4-12(5-7-13)14-9-24-11(3)17-14/h4-7,9-10H,8H2,1-3H3,(H,18,23). The topological polar surface area (TPSA) is 85.6 Å². The van der Waals surface area contributed by atoms with Crippen molar-refractivity contribution in [2.45, 2.75) is 33.2 Å². The fourth-order valence-electron chi connectivity index (χ4n) is 2.11. The number of rotatable bonds is 5. The van der Waals surface area contributed by atoms with E-state index in [-0.39, 0.29) is 18.4 Å². The minimum atomic E-state index is -0.171. The summed E-state index contributed by atoms with van der Waals surface area (Å²) in [5.41, 5.74) is 2.70. The van der Waals surface area contributed by atoms with Crippen LogP contribution in [0.2, 0.25) is 0 Å². The number of anilines is 1. The minimum Gasteiger partial charge on any atom is -0.326 e. The fourth-order valence-corrected chi connectivity index (χ4v) is 2.74. The lowest BCUT2D eigenvalue weighted by molar-refractivity contribution is -0.115. The Morgan fingerprint density at radius 2 is 2.04 bits per heavy atom. The van der Waals surface area contributed by atoms with E-state index in [0.29, 0.717) is 5.82 Å². The number of thiazole rings is 1. The smallest absolute Gasteiger partial charge is 0.232 e. The molecule has 3 aromatic rings. The molecule has 0 aliphatic carbocycles. The van der Waals surface area contributed by atoms with Gasteiger partial charge in [0, 0.05) is 16.6 Å². The van der Waals surface area contributed by atoms with E-state index in [4.69, 9.17) is 0 Å². The summed E-state index contributed by atoms with van der Waals surface area (Å²) in [5, 5.41) is 17.9.